The number of likely N-dealkylation sites (tertiary alicyclic amines) is 1. The topological polar surface area (TPSA) is 94.9 Å². The molecule has 6 heteroatoms. The van der Waals surface area contributed by atoms with Crippen LogP contribution in [0.15, 0.2) is 0 Å². The largest absolute Gasteiger partial charge is 0.479 e. The minimum Gasteiger partial charge on any atom is -0.479 e. The highest BCUT2D eigenvalue weighted by Gasteiger charge is 2.49. The highest BCUT2D eigenvalue weighted by atomic mass is 16.4. The van der Waals surface area contributed by atoms with Gasteiger partial charge in [0.2, 0.25) is 11.8 Å². The van der Waals surface area contributed by atoms with Gasteiger partial charge in [0, 0.05) is 13.0 Å². The Kier molecular flexibility index (Phi) is 3.15. The molecule has 94 valence electrons. The van der Waals surface area contributed by atoms with Gasteiger partial charge in [-0.1, -0.05) is 6.42 Å². The molecule has 0 radical (unpaired) electrons. The van der Waals surface area contributed by atoms with E-state index in [-0.39, 0.29) is 36.6 Å². The first-order valence-electron chi connectivity index (χ1n) is 5.78. The van der Waals surface area contributed by atoms with Crippen LogP contribution in [-0.2, 0) is 14.4 Å². The van der Waals surface area contributed by atoms with Crippen LogP contribution in [0.25, 0.3) is 0 Å². The zero-order valence-corrected chi connectivity index (χ0v) is 9.33. The monoisotopic (exact) mass is 241 g/mol. The summed E-state index contributed by atoms with van der Waals surface area (Å²) in [5.74, 6) is -2.14. The maximum absolute atomic E-state index is 11.9. The van der Waals surface area contributed by atoms with Gasteiger partial charge in [0.05, 0.1) is 11.8 Å². The van der Waals surface area contributed by atoms with Crippen molar-refractivity contribution < 1.29 is 24.6 Å². The number of carbonyl (C=O) groups is 3. The molecule has 1 aliphatic heterocycles. The lowest BCUT2D eigenvalue weighted by Gasteiger charge is -2.16. The molecule has 2 rings (SSSR count). The third-order valence-corrected chi connectivity index (χ3v) is 3.59. The van der Waals surface area contributed by atoms with Crippen molar-refractivity contribution >= 4 is 17.8 Å². The van der Waals surface area contributed by atoms with E-state index in [9.17, 15) is 14.4 Å². The molecule has 2 amide bonds. The average molecular weight is 241 g/mol. The molecule has 2 aliphatic rings. The van der Waals surface area contributed by atoms with Crippen molar-refractivity contribution in [1.29, 1.82) is 0 Å². The quantitative estimate of drug-likeness (QED) is 0.653. The highest BCUT2D eigenvalue weighted by Crippen LogP contribution is 2.39. The molecule has 17 heavy (non-hydrogen) atoms. The Hall–Kier alpha value is -1.43. The van der Waals surface area contributed by atoms with Crippen molar-refractivity contribution in [1.82, 2.24) is 4.90 Å². The van der Waals surface area contributed by atoms with Crippen LogP contribution < -0.4 is 0 Å². The van der Waals surface area contributed by atoms with Crippen LogP contribution >= 0.6 is 0 Å². The van der Waals surface area contributed by atoms with E-state index in [0.29, 0.717) is 0 Å². The van der Waals surface area contributed by atoms with Gasteiger partial charge in [0.25, 0.3) is 0 Å². The number of aliphatic hydroxyl groups excluding tert-OH is 1. The number of imide groups is 1. The van der Waals surface area contributed by atoms with Crippen molar-refractivity contribution in [2.75, 3.05) is 6.54 Å². The van der Waals surface area contributed by atoms with Crippen LogP contribution in [0.3, 0.4) is 0 Å². The van der Waals surface area contributed by atoms with E-state index in [4.69, 9.17) is 10.2 Å². The van der Waals surface area contributed by atoms with E-state index in [2.05, 4.69) is 0 Å². The van der Waals surface area contributed by atoms with Crippen LogP contribution in [-0.4, -0.2) is 45.5 Å². The molecule has 1 aliphatic carbocycles. The van der Waals surface area contributed by atoms with Crippen LogP contribution in [0, 0.1) is 11.8 Å². The van der Waals surface area contributed by atoms with Gasteiger partial charge in [-0.05, 0) is 12.8 Å². The summed E-state index contributed by atoms with van der Waals surface area (Å²) in [6, 6.07) is 0. The predicted molar refractivity (Wildman–Crippen MR) is 55.8 cm³/mol. The van der Waals surface area contributed by atoms with E-state index in [1.54, 1.807) is 0 Å². The summed E-state index contributed by atoms with van der Waals surface area (Å²) in [6.45, 7) is -0.00185. The summed E-state index contributed by atoms with van der Waals surface area (Å²) in [5, 5.41) is 17.6. The maximum Gasteiger partial charge on any atom is 0.332 e. The molecular formula is C11H15NO5. The minimum absolute atomic E-state index is 0.00185. The number of aliphatic carboxylic acids is 1. The maximum atomic E-state index is 11.9. The first kappa shape index (κ1) is 12.0. The summed E-state index contributed by atoms with van der Waals surface area (Å²) in [7, 11) is 0. The van der Waals surface area contributed by atoms with Crippen LogP contribution in [0.1, 0.15) is 25.7 Å². The molecule has 0 bridgehead atoms. The molecule has 3 atom stereocenters. The lowest BCUT2D eigenvalue weighted by molar-refractivity contribution is -0.149. The number of fused-ring (bicyclic) bond motifs is 1. The number of carboxylic acids is 1. The van der Waals surface area contributed by atoms with Gasteiger partial charge in [0.1, 0.15) is 0 Å². The Labute approximate surface area is 98.2 Å². The number of aliphatic hydroxyl groups is 1. The molecule has 2 fully saturated rings. The summed E-state index contributed by atoms with van der Waals surface area (Å²) in [4.78, 5) is 35.2. The fourth-order valence-corrected chi connectivity index (χ4v) is 2.66. The van der Waals surface area contributed by atoms with Crippen LogP contribution in [0.2, 0.25) is 0 Å². The summed E-state index contributed by atoms with van der Waals surface area (Å²) < 4.78 is 0. The molecule has 2 N–H and O–H groups in total. The molecule has 0 aromatic rings. The molecule has 6 nitrogen and oxygen atoms in total. The van der Waals surface area contributed by atoms with Crippen LogP contribution in [0.5, 0.6) is 0 Å². The van der Waals surface area contributed by atoms with E-state index in [1.807, 2.05) is 0 Å². The number of amides is 2. The molecule has 0 aromatic carbocycles. The van der Waals surface area contributed by atoms with Gasteiger partial charge in [-0.15, -0.1) is 0 Å². The standard InChI is InChI=1S/C11H15NO5/c13-8(11(16)17)4-5-12-9(14)6-2-1-3-7(6)10(12)15/h6-8,13H,1-5H2,(H,16,17). The van der Waals surface area contributed by atoms with Gasteiger partial charge in [0.15, 0.2) is 6.10 Å². The van der Waals surface area contributed by atoms with Crippen molar-refractivity contribution in [3.05, 3.63) is 0 Å². The van der Waals surface area contributed by atoms with Gasteiger partial charge < -0.3 is 10.2 Å². The third-order valence-electron chi connectivity index (χ3n) is 3.59. The van der Waals surface area contributed by atoms with Gasteiger partial charge >= 0.3 is 5.97 Å². The Morgan fingerprint density at radius 2 is 1.82 bits per heavy atom. The molecule has 0 aromatic heterocycles. The molecule has 1 heterocycles. The average Bonchev–Trinajstić information content (AvgIpc) is 2.83. The lowest BCUT2D eigenvalue weighted by Crippen LogP contribution is -2.35. The van der Waals surface area contributed by atoms with E-state index < -0.39 is 12.1 Å². The van der Waals surface area contributed by atoms with Gasteiger partial charge in [-0.3, -0.25) is 14.5 Å². The van der Waals surface area contributed by atoms with E-state index in [1.165, 1.54) is 0 Å². The predicted octanol–water partition coefficient (Wildman–Crippen LogP) is -0.393. The first-order valence-corrected chi connectivity index (χ1v) is 5.78. The van der Waals surface area contributed by atoms with Crippen molar-refractivity contribution in [3.63, 3.8) is 0 Å². The second kappa shape index (κ2) is 4.44. The van der Waals surface area contributed by atoms with Gasteiger partial charge in [-0.25, -0.2) is 4.79 Å². The Morgan fingerprint density at radius 1 is 1.29 bits per heavy atom. The fraction of sp³-hybridized carbons (Fsp3) is 0.727. The first-order chi connectivity index (χ1) is 8.02. The number of rotatable bonds is 4. The molecule has 0 spiro atoms. The zero-order chi connectivity index (χ0) is 12.6. The second-order valence-electron chi connectivity index (χ2n) is 4.61. The Bertz CT molecular complexity index is 345. The summed E-state index contributed by atoms with van der Waals surface area (Å²) in [5.41, 5.74) is 0. The van der Waals surface area contributed by atoms with Crippen LogP contribution in [0.4, 0.5) is 0 Å². The number of hydrogen-bond acceptors (Lipinski definition) is 4. The number of carbonyl (C=O) groups excluding carboxylic acids is 2. The van der Waals surface area contributed by atoms with Crippen molar-refractivity contribution in [2.45, 2.75) is 31.8 Å². The fourth-order valence-electron chi connectivity index (χ4n) is 2.66. The minimum atomic E-state index is -1.52. The van der Waals surface area contributed by atoms with Crippen molar-refractivity contribution in [3.8, 4) is 0 Å². The third kappa shape index (κ3) is 2.04. The molecular weight excluding hydrogens is 226 g/mol. The number of nitrogens with zero attached hydrogens (tertiary/aromatic N) is 1. The van der Waals surface area contributed by atoms with E-state index >= 15 is 0 Å². The second-order valence-corrected chi connectivity index (χ2v) is 4.61. The van der Waals surface area contributed by atoms with Gasteiger partial charge in [-0.2, -0.15) is 0 Å². The number of hydrogen-bond donors (Lipinski definition) is 2. The zero-order valence-electron chi connectivity index (χ0n) is 9.33. The highest BCUT2D eigenvalue weighted by molar-refractivity contribution is 6.05. The van der Waals surface area contributed by atoms with Crippen molar-refractivity contribution in [2.24, 2.45) is 11.8 Å². The molecule has 1 saturated heterocycles. The Balaban J connectivity index is 1.96. The molecule has 3 unspecified atom stereocenters. The van der Waals surface area contributed by atoms with E-state index in [0.717, 1.165) is 24.2 Å². The summed E-state index contributed by atoms with van der Waals surface area (Å²) >= 11 is 0. The number of carboxylic acid groups (broad SMARTS) is 1. The lowest BCUT2D eigenvalue weighted by atomic mass is 10.00. The Morgan fingerprint density at radius 3 is 2.29 bits per heavy atom. The summed E-state index contributed by atoms with van der Waals surface area (Å²) in [6.07, 6.45) is 0.765. The molecule has 1 saturated carbocycles. The SMILES string of the molecule is O=C(O)C(O)CCN1C(=O)C2CCCC2C1=O. The smallest absolute Gasteiger partial charge is 0.332 e. The normalized spacial score (nSPS) is 29.6.